The van der Waals surface area contributed by atoms with Gasteiger partial charge in [0.1, 0.15) is 5.01 Å². The second-order valence-electron chi connectivity index (χ2n) is 6.74. The highest BCUT2D eigenvalue weighted by Crippen LogP contribution is 2.25. The highest BCUT2D eigenvalue weighted by Gasteiger charge is 2.23. The number of aromatic nitrogens is 1. The molecule has 1 fully saturated rings. The summed E-state index contributed by atoms with van der Waals surface area (Å²) in [5, 5.41) is 12.7. The van der Waals surface area contributed by atoms with Crippen LogP contribution in [0.2, 0.25) is 0 Å². The fraction of sp³-hybridized carbons (Fsp3) is 0.526. The third kappa shape index (κ3) is 4.42. The largest absolute Gasteiger partial charge is 0.395 e. The minimum atomic E-state index is 0.210. The number of nitrogens with zero attached hydrogens (tertiary/aromatic N) is 3. The van der Waals surface area contributed by atoms with Crippen LogP contribution in [-0.2, 0) is 6.54 Å². The van der Waals surface area contributed by atoms with Gasteiger partial charge in [0.2, 0.25) is 0 Å². The molecule has 0 bridgehead atoms. The predicted octanol–water partition coefficient (Wildman–Crippen LogP) is 3.01. The lowest BCUT2D eigenvalue weighted by Gasteiger charge is -2.36. The van der Waals surface area contributed by atoms with Gasteiger partial charge in [-0.2, -0.15) is 0 Å². The molecule has 0 unspecified atom stereocenters. The van der Waals surface area contributed by atoms with Crippen LogP contribution in [0, 0.1) is 6.92 Å². The summed E-state index contributed by atoms with van der Waals surface area (Å²) < 4.78 is 0. The van der Waals surface area contributed by atoms with Gasteiger partial charge >= 0.3 is 0 Å². The average molecular weight is 346 g/mol. The van der Waals surface area contributed by atoms with Crippen LogP contribution in [0.1, 0.15) is 24.1 Å². The first kappa shape index (κ1) is 17.5. The minimum absolute atomic E-state index is 0.210. The van der Waals surface area contributed by atoms with E-state index in [1.54, 1.807) is 11.3 Å². The van der Waals surface area contributed by atoms with E-state index in [2.05, 4.69) is 53.4 Å². The van der Waals surface area contributed by atoms with Gasteiger partial charge in [-0.3, -0.25) is 4.90 Å². The summed E-state index contributed by atoms with van der Waals surface area (Å²) in [5.41, 5.74) is 3.57. The van der Waals surface area contributed by atoms with E-state index in [0.29, 0.717) is 6.04 Å². The molecule has 24 heavy (non-hydrogen) atoms. The Hall–Kier alpha value is -1.27. The number of hydrogen-bond donors (Lipinski definition) is 1. The Bertz CT molecular complexity index is 632. The quantitative estimate of drug-likeness (QED) is 0.874. The summed E-state index contributed by atoms with van der Waals surface area (Å²) in [7, 11) is 2.18. The number of aliphatic hydroxyl groups excluding tert-OH is 1. The van der Waals surface area contributed by atoms with E-state index in [9.17, 15) is 5.11 Å². The lowest BCUT2D eigenvalue weighted by atomic mass is 10.0. The number of hydrogen-bond acceptors (Lipinski definition) is 5. The Morgan fingerprint density at radius 1 is 1.25 bits per heavy atom. The number of likely N-dealkylation sites (tertiary alicyclic amines) is 1. The minimum Gasteiger partial charge on any atom is -0.395 e. The van der Waals surface area contributed by atoms with Crippen LogP contribution in [-0.4, -0.2) is 59.2 Å². The van der Waals surface area contributed by atoms with Crippen molar-refractivity contribution in [2.45, 2.75) is 32.4 Å². The van der Waals surface area contributed by atoms with Crippen molar-refractivity contribution in [3.05, 3.63) is 40.9 Å². The highest BCUT2D eigenvalue weighted by molar-refractivity contribution is 7.13. The van der Waals surface area contributed by atoms with E-state index in [0.717, 1.165) is 36.9 Å². The number of rotatable bonds is 6. The molecule has 1 aromatic carbocycles. The number of thiazole rings is 1. The monoisotopic (exact) mass is 345 g/mol. The molecule has 0 spiro atoms. The number of aliphatic hydroxyl groups is 1. The first-order chi connectivity index (χ1) is 11.7. The molecule has 3 rings (SSSR count). The van der Waals surface area contributed by atoms with Gasteiger partial charge in [-0.05, 0) is 39.9 Å². The van der Waals surface area contributed by atoms with Crippen molar-refractivity contribution in [3.63, 3.8) is 0 Å². The van der Waals surface area contributed by atoms with E-state index in [-0.39, 0.29) is 6.61 Å². The number of benzene rings is 1. The SMILES string of the molecule is Cc1ccc(-c2nc(CN(CCO)C3CCN(C)CC3)cs2)cc1. The molecular weight excluding hydrogens is 318 g/mol. The molecular formula is C19H27N3OS. The average Bonchev–Trinajstić information content (AvgIpc) is 3.04. The molecule has 4 nitrogen and oxygen atoms in total. The molecule has 130 valence electrons. The van der Waals surface area contributed by atoms with Gasteiger partial charge in [-0.25, -0.2) is 4.98 Å². The fourth-order valence-electron chi connectivity index (χ4n) is 3.30. The van der Waals surface area contributed by atoms with Crippen molar-refractivity contribution >= 4 is 11.3 Å². The van der Waals surface area contributed by atoms with Crippen molar-refractivity contribution in [3.8, 4) is 10.6 Å². The van der Waals surface area contributed by atoms with E-state index >= 15 is 0 Å². The summed E-state index contributed by atoms with van der Waals surface area (Å²) in [6.07, 6.45) is 2.34. The molecule has 0 amide bonds. The van der Waals surface area contributed by atoms with Gasteiger partial charge in [-0.15, -0.1) is 11.3 Å². The Kier molecular flexibility index (Phi) is 6.00. The van der Waals surface area contributed by atoms with Crippen molar-refractivity contribution in [1.29, 1.82) is 0 Å². The van der Waals surface area contributed by atoms with Crippen LogP contribution >= 0.6 is 11.3 Å². The Morgan fingerprint density at radius 3 is 2.62 bits per heavy atom. The molecule has 0 atom stereocenters. The molecule has 1 aliphatic heterocycles. The fourth-order valence-corrected chi connectivity index (χ4v) is 4.11. The van der Waals surface area contributed by atoms with Crippen molar-refractivity contribution < 1.29 is 5.11 Å². The summed E-state index contributed by atoms with van der Waals surface area (Å²) in [6.45, 7) is 6.15. The van der Waals surface area contributed by atoms with Gasteiger partial charge < -0.3 is 10.0 Å². The van der Waals surface area contributed by atoms with Gasteiger partial charge in [0, 0.05) is 30.1 Å². The Morgan fingerprint density at radius 2 is 1.96 bits per heavy atom. The normalized spacial score (nSPS) is 16.8. The van der Waals surface area contributed by atoms with E-state index in [4.69, 9.17) is 4.98 Å². The topological polar surface area (TPSA) is 39.6 Å². The zero-order valence-corrected chi connectivity index (χ0v) is 15.4. The molecule has 2 heterocycles. The second-order valence-corrected chi connectivity index (χ2v) is 7.60. The smallest absolute Gasteiger partial charge is 0.123 e. The van der Waals surface area contributed by atoms with Crippen LogP contribution in [0.25, 0.3) is 10.6 Å². The van der Waals surface area contributed by atoms with E-state index in [1.165, 1.54) is 24.0 Å². The maximum Gasteiger partial charge on any atom is 0.123 e. The van der Waals surface area contributed by atoms with Crippen molar-refractivity contribution in [1.82, 2.24) is 14.8 Å². The van der Waals surface area contributed by atoms with E-state index in [1.807, 2.05) is 0 Å². The molecule has 2 aromatic rings. The van der Waals surface area contributed by atoms with Gasteiger partial charge in [0.15, 0.2) is 0 Å². The molecule has 1 aromatic heterocycles. The van der Waals surface area contributed by atoms with Gasteiger partial charge in [0.05, 0.1) is 12.3 Å². The zero-order valence-electron chi connectivity index (χ0n) is 14.6. The molecule has 0 aliphatic carbocycles. The highest BCUT2D eigenvalue weighted by atomic mass is 32.1. The first-order valence-electron chi connectivity index (χ1n) is 8.70. The maximum absolute atomic E-state index is 9.44. The lowest BCUT2D eigenvalue weighted by molar-refractivity contribution is 0.0933. The van der Waals surface area contributed by atoms with Gasteiger partial charge in [-0.1, -0.05) is 29.8 Å². The summed E-state index contributed by atoms with van der Waals surface area (Å²) >= 11 is 1.71. The molecule has 1 aliphatic rings. The lowest BCUT2D eigenvalue weighted by Crippen LogP contribution is -2.44. The second kappa shape index (κ2) is 8.21. The first-order valence-corrected chi connectivity index (χ1v) is 9.58. The molecule has 5 heteroatoms. The third-order valence-corrected chi connectivity index (χ3v) is 5.75. The predicted molar refractivity (Wildman–Crippen MR) is 100 cm³/mol. The van der Waals surface area contributed by atoms with Crippen molar-refractivity contribution in [2.24, 2.45) is 0 Å². The van der Waals surface area contributed by atoms with Crippen LogP contribution in [0.15, 0.2) is 29.6 Å². The Labute approximate surface area is 148 Å². The van der Waals surface area contributed by atoms with E-state index < -0.39 is 0 Å². The summed E-state index contributed by atoms with van der Waals surface area (Å²) in [4.78, 5) is 9.61. The standard InChI is InChI=1S/C19H27N3OS/c1-15-3-5-16(6-4-15)19-20-17(14-24-19)13-22(11-12-23)18-7-9-21(2)10-8-18/h3-6,14,18,23H,7-13H2,1-2H3. The number of aryl methyl sites for hydroxylation is 1. The molecule has 1 saturated heterocycles. The van der Waals surface area contributed by atoms with Crippen LogP contribution in [0.4, 0.5) is 0 Å². The third-order valence-electron chi connectivity index (χ3n) is 4.81. The molecule has 1 N–H and O–H groups in total. The summed E-state index contributed by atoms with van der Waals surface area (Å²) in [5.74, 6) is 0. The number of piperidine rings is 1. The van der Waals surface area contributed by atoms with Crippen molar-refractivity contribution in [2.75, 3.05) is 33.3 Å². The van der Waals surface area contributed by atoms with Gasteiger partial charge in [0.25, 0.3) is 0 Å². The maximum atomic E-state index is 9.44. The molecule has 0 saturated carbocycles. The summed E-state index contributed by atoms with van der Waals surface area (Å²) in [6, 6.07) is 9.10. The molecule has 0 radical (unpaired) electrons. The Balaban J connectivity index is 1.68. The van der Waals surface area contributed by atoms with Crippen LogP contribution < -0.4 is 0 Å². The zero-order chi connectivity index (χ0) is 16.9. The van der Waals surface area contributed by atoms with Crippen LogP contribution in [0.3, 0.4) is 0 Å². The van der Waals surface area contributed by atoms with Crippen LogP contribution in [0.5, 0.6) is 0 Å².